The van der Waals surface area contributed by atoms with Gasteiger partial charge in [-0.05, 0) is 12.8 Å². The summed E-state index contributed by atoms with van der Waals surface area (Å²) in [4.78, 5) is 15.6. The maximum Gasteiger partial charge on any atom is 0.355 e. The van der Waals surface area contributed by atoms with Crippen molar-refractivity contribution in [2.45, 2.75) is 18.8 Å². The summed E-state index contributed by atoms with van der Waals surface area (Å²) in [6.45, 7) is 1.36. The molecule has 5 nitrogen and oxygen atoms in total. The molecule has 1 aromatic heterocycles. The van der Waals surface area contributed by atoms with Gasteiger partial charge in [0.1, 0.15) is 0 Å². The number of aromatic nitrogens is 1. The van der Waals surface area contributed by atoms with Gasteiger partial charge in [-0.3, -0.25) is 0 Å². The van der Waals surface area contributed by atoms with Gasteiger partial charge in [-0.2, -0.15) is 0 Å². The Morgan fingerprint density at radius 3 is 2.80 bits per heavy atom. The molecule has 0 spiro atoms. The summed E-state index contributed by atoms with van der Waals surface area (Å²) in [5.74, 6) is -0.760. The molecule has 0 aliphatic carbocycles. The maximum atomic E-state index is 10.9. The van der Waals surface area contributed by atoms with Gasteiger partial charge in [-0.25, -0.2) is 9.78 Å². The second-order valence-electron chi connectivity index (χ2n) is 3.46. The van der Waals surface area contributed by atoms with Crippen molar-refractivity contribution in [1.29, 1.82) is 0 Å². The number of nitrogen functional groups attached to an aromatic ring is 1. The van der Waals surface area contributed by atoms with Crippen LogP contribution >= 0.6 is 11.3 Å². The third kappa shape index (κ3) is 2.10. The smallest absolute Gasteiger partial charge is 0.355 e. The molecule has 2 heterocycles. The average Bonchev–Trinajstić information content (AvgIpc) is 2.62. The molecule has 0 unspecified atom stereocenters. The first-order valence-electron chi connectivity index (χ1n) is 4.75. The number of carboxylic acids is 1. The zero-order chi connectivity index (χ0) is 10.8. The zero-order valence-electron chi connectivity index (χ0n) is 8.10. The Hall–Kier alpha value is -1.14. The number of hydrogen-bond acceptors (Lipinski definition) is 5. The number of nitrogens with zero attached hydrogens (tertiary/aromatic N) is 1. The second kappa shape index (κ2) is 4.16. The first-order valence-corrected chi connectivity index (χ1v) is 5.57. The highest BCUT2D eigenvalue weighted by molar-refractivity contribution is 7.15. The molecule has 0 amide bonds. The SMILES string of the molecule is Nc1nc(C(=O)O)c(C2CCOCC2)s1. The van der Waals surface area contributed by atoms with Gasteiger partial charge in [0.15, 0.2) is 10.8 Å². The van der Waals surface area contributed by atoms with E-state index in [-0.39, 0.29) is 11.6 Å². The van der Waals surface area contributed by atoms with Crippen molar-refractivity contribution in [3.63, 3.8) is 0 Å². The lowest BCUT2D eigenvalue weighted by Crippen LogP contribution is -2.15. The Bertz CT molecular complexity index is 371. The Morgan fingerprint density at radius 1 is 1.53 bits per heavy atom. The van der Waals surface area contributed by atoms with Crippen molar-refractivity contribution in [2.75, 3.05) is 18.9 Å². The quantitative estimate of drug-likeness (QED) is 0.797. The Morgan fingerprint density at radius 2 is 2.20 bits per heavy atom. The lowest BCUT2D eigenvalue weighted by atomic mass is 9.97. The fourth-order valence-corrected chi connectivity index (χ4v) is 2.73. The topological polar surface area (TPSA) is 85.4 Å². The van der Waals surface area contributed by atoms with E-state index in [9.17, 15) is 4.79 Å². The Balaban J connectivity index is 2.28. The molecule has 0 aromatic carbocycles. The fourth-order valence-electron chi connectivity index (χ4n) is 1.74. The van der Waals surface area contributed by atoms with Crippen LogP contribution in [0.3, 0.4) is 0 Å². The molecule has 0 bridgehead atoms. The number of carboxylic acid groups (broad SMARTS) is 1. The van der Waals surface area contributed by atoms with Crippen molar-refractivity contribution in [2.24, 2.45) is 0 Å². The van der Waals surface area contributed by atoms with Crippen molar-refractivity contribution in [3.8, 4) is 0 Å². The average molecular weight is 228 g/mol. The third-order valence-corrected chi connectivity index (χ3v) is 3.51. The van der Waals surface area contributed by atoms with Crippen LogP contribution in [-0.4, -0.2) is 29.3 Å². The molecule has 3 N–H and O–H groups in total. The van der Waals surface area contributed by atoms with Crippen LogP contribution in [0.25, 0.3) is 0 Å². The number of carbonyl (C=O) groups is 1. The first-order chi connectivity index (χ1) is 7.18. The fraction of sp³-hybridized carbons (Fsp3) is 0.556. The van der Waals surface area contributed by atoms with Crippen LogP contribution in [0.5, 0.6) is 0 Å². The molecule has 1 fully saturated rings. The first kappa shape index (κ1) is 10.4. The highest BCUT2D eigenvalue weighted by Gasteiger charge is 2.25. The molecule has 15 heavy (non-hydrogen) atoms. The van der Waals surface area contributed by atoms with E-state index in [0.717, 1.165) is 17.7 Å². The number of anilines is 1. The summed E-state index contributed by atoms with van der Waals surface area (Å²) in [6.07, 6.45) is 1.70. The number of ether oxygens (including phenoxy) is 1. The zero-order valence-corrected chi connectivity index (χ0v) is 8.92. The molecule has 6 heteroatoms. The van der Waals surface area contributed by atoms with Crippen LogP contribution in [0.15, 0.2) is 0 Å². The Labute approximate surface area is 90.9 Å². The standard InChI is InChI=1S/C9H12N2O3S/c10-9-11-6(8(12)13)7(15-9)5-1-3-14-4-2-5/h5H,1-4H2,(H2,10,11)(H,12,13). The summed E-state index contributed by atoms with van der Waals surface area (Å²) < 4.78 is 5.23. The summed E-state index contributed by atoms with van der Waals surface area (Å²) in [5.41, 5.74) is 5.65. The van der Waals surface area contributed by atoms with Crippen LogP contribution in [0.4, 0.5) is 5.13 Å². The van der Waals surface area contributed by atoms with E-state index in [1.54, 1.807) is 0 Å². The van der Waals surface area contributed by atoms with Gasteiger partial charge < -0.3 is 15.6 Å². The molecule has 1 saturated heterocycles. The van der Waals surface area contributed by atoms with Crippen LogP contribution in [-0.2, 0) is 4.74 Å². The summed E-state index contributed by atoms with van der Waals surface area (Å²) >= 11 is 1.28. The predicted molar refractivity (Wildman–Crippen MR) is 56.3 cm³/mol. The predicted octanol–water partition coefficient (Wildman–Crippen LogP) is 1.32. The highest BCUT2D eigenvalue weighted by atomic mass is 32.1. The van der Waals surface area contributed by atoms with E-state index in [4.69, 9.17) is 15.6 Å². The third-order valence-electron chi connectivity index (χ3n) is 2.46. The summed E-state index contributed by atoms with van der Waals surface area (Å²) in [7, 11) is 0. The van der Waals surface area contributed by atoms with Crippen molar-refractivity contribution < 1.29 is 14.6 Å². The van der Waals surface area contributed by atoms with E-state index in [1.165, 1.54) is 11.3 Å². The van der Waals surface area contributed by atoms with Gasteiger partial charge >= 0.3 is 5.97 Å². The van der Waals surface area contributed by atoms with E-state index < -0.39 is 5.97 Å². The molecule has 1 aliphatic rings. The Kier molecular flexibility index (Phi) is 2.88. The molecular weight excluding hydrogens is 216 g/mol. The van der Waals surface area contributed by atoms with Crippen LogP contribution < -0.4 is 5.73 Å². The van der Waals surface area contributed by atoms with Gasteiger partial charge in [0.05, 0.1) is 0 Å². The number of nitrogens with two attached hydrogens (primary N) is 1. The molecule has 1 aliphatic heterocycles. The minimum Gasteiger partial charge on any atom is -0.476 e. The van der Waals surface area contributed by atoms with Gasteiger partial charge in [-0.1, -0.05) is 0 Å². The molecule has 0 atom stereocenters. The number of aromatic carboxylic acids is 1. The molecule has 82 valence electrons. The maximum absolute atomic E-state index is 10.9. The highest BCUT2D eigenvalue weighted by Crippen LogP contribution is 2.34. The van der Waals surface area contributed by atoms with Gasteiger partial charge in [0.2, 0.25) is 0 Å². The summed E-state index contributed by atoms with van der Waals surface area (Å²) in [5, 5.41) is 9.29. The lowest BCUT2D eigenvalue weighted by molar-refractivity contribution is 0.0680. The lowest BCUT2D eigenvalue weighted by Gasteiger charge is -2.20. The number of rotatable bonds is 2. The van der Waals surface area contributed by atoms with E-state index in [0.29, 0.717) is 18.3 Å². The molecule has 2 rings (SSSR count). The van der Waals surface area contributed by atoms with Crippen LogP contribution in [0, 0.1) is 0 Å². The van der Waals surface area contributed by atoms with Gasteiger partial charge in [0, 0.05) is 24.0 Å². The molecule has 0 saturated carbocycles. The number of hydrogen-bond donors (Lipinski definition) is 2. The van der Waals surface area contributed by atoms with E-state index >= 15 is 0 Å². The van der Waals surface area contributed by atoms with Crippen LogP contribution in [0.1, 0.15) is 34.1 Å². The van der Waals surface area contributed by atoms with Crippen molar-refractivity contribution >= 4 is 22.4 Å². The second-order valence-corrected chi connectivity index (χ2v) is 4.52. The minimum absolute atomic E-state index is 0.115. The van der Waals surface area contributed by atoms with Crippen molar-refractivity contribution in [1.82, 2.24) is 4.98 Å². The normalized spacial score (nSPS) is 17.9. The molecular formula is C9H12N2O3S. The molecule has 0 radical (unpaired) electrons. The van der Waals surface area contributed by atoms with E-state index in [1.807, 2.05) is 0 Å². The largest absolute Gasteiger partial charge is 0.476 e. The molecule has 1 aromatic rings. The van der Waals surface area contributed by atoms with E-state index in [2.05, 4.69) is 4.98 Å². The minimum atomic E-state index is -0.996. The van der Waals surface area contributed by atoms with Crippen molar-refractivity contribution in [3.05, 3.63) is 10.6 Å². The van der Waals surface area contributed by atoms with Gasteiger partial charge in [0.25, 0.3) is 0 Å². The van der Waals surface area contributed by atoms with Gasteiger partial charge in [-0.15, -0.1) is 11.3 Å². The monoisotopic (exact) mass is 228 g/mol. The number of thiazole rings is 1. The van der Waals surface area contributed by atoms with Crippen LogP contribution in [0.2, 0.25) is 0 Å². The summed E-state index contributed by atoms with van der Waals surface area (Å²) in [6, 6.07) is 0.